The first-order valence-electron chi connectivity index (χ1n) is 12.6. The van der Waals surface area contributed by atoms with Gasteiger partial charge >= 0.3 is 0 Å². The lowest BCUT2D eigenvalue weighted by Crippen LogP contribution is -2.47. The highest BCUT2D eigenvalue weighted by atomic mass is 16.5. The summed E-state index contributed by atoms with van der Waals surface area (Å²) in [4.78, 5) is 36.9. The Morgan fingerprint density at radius 2 is 1.79 bits per heavy atom. The molecule has 0 radical (unpaired) electrons. The van der Waals surface area contributed by atoms with E-state index < -0.39 is 0 Å². The molecule has 2 aromatic rings. The largest absolute Gasteiger partial charge is 0.496 e. The lowest BCUT2D eigenvalue weighted by molar-refractivity contribution is -0.124. The van der Waals surface area contributed by atoms with Crippen molar-refractivity contribution in [3.63, 3.8) is 0 Å². The number of nitrogens with one attached hydrogen (secondary N) is 1. The van der Waals surface area contributed by atoms with Crippen LogP contribution < -0.4 is 10.1 Å². The third-order valence-corrected chi connectivity index (χ3v) is 8.59. The van der Waals surface area contributed by atoms with Crippen molar-refractivity contribution >= 4 is 17.6 Å². The van der Waals surface area contributed by atoms with E-state index in [0.717, 1.165) is 29.0 Å². The lowest BCUT2D eigenvalue weighted by Gasteiger charge is -2.56. The molecule has 2 heterocycles. The van der Waals surface area contributed by atoms with Gasteiger partial charge in [-0.1, -0.05) is 12.1 Å². The van der Waals surface area contributed by atoms with Gasteiger partial charge in [0.15, 0.2) is 0 Å². The van der Waals surface area contributed by atoms with Crippen molar-refractivity contribution in [1.82, 2.24) is 14.9 Å². The van der Waals surface area contributed by atoms with Crippen LogP contribution in [0.5, 0.6) is 5.75 Å². The average molecular weight is 461 g/mol. The highest BCUT2D eigenvalue weighted by Crippen LogP contribution is 2.61. The molecule has 0 atom stereocenters. The number of anilines is 1. The Labute approximate surface area is 200 Å². The minimum Gasteiger partial charge on any atom is -0.496 e. The number of para-hydroxylation sites is 1. The number of methoxy groups -OCH3 is 1. The van der Waals surface area contributed by atoms with E-state index in [1.165, 1.54) is 44.9 Å². The maximum absolute atomic E-state index is 13.2. The summed E-state index contributed by atoms with van der Waals surface area (Å²) in [6.45, 7) is 0.946. The fraction of sp³-hybridized carbons (Fsp3) is 0.556. The summed E-state index contributed by atoms with van der Waals surface area (Å²) in [5.74, 6) is 3.68. The van der Waals surface area contributed by atoms with Gasteiger partial charge < -0.3 is 15.0 Å². The molecule has 7 rings (SSSR count). The Morgan fingerprint density at radius 3 is 2.50 bits per heavy atom. The molecule has 4 saturated carbocycles. The molecular weight excluding hydrogens is 428 g/mol. The van der Waals surface area contributed by atoms with Crippen LogP contribution in [0.25, 0.3) is 0 Å². The van der Waals surface area contributed by atoms with Crippen molar-refractivity contribution in [3.8, 4) is 5.75 Å². The Balaban J connectivity index is 1.15. The number of hydrogen-bond donors (Lipinski definition) is 1. The molecule has 1 N–H and O–H groups in total. The van der Waals surface area contributed by atoms with Crippen molar-refractivity contribution in [1.29, 1.82) is 0 Å². The van der Waals surface area contributed by atoms with Crippen molar-refractivity contribution in [2.75, 3.05) is 19.0 Å². The zero-order valence-corrected chi connectivity index (χ0v) is 19.8. The Hall–Kier alpha value is -2.96. The van der Waals surface area contributed by atoms with Gasteiger partial charge in [-0.15, -0.1) is 0 Å². The van der Waals surface area contributed by atoms with E-state index in [1.54, 1.807) is 24.1 Å². The molecule has 4 fully saturated rings. The number of amides is 2. The molecule has 5 aliphatic rings. The van der Waals surface area contributed by atoms with Crippen LogP contribution in [0, 0.1) is 23.2 Å². The normalized spacial score (nSPS) is 29.0. The van der Waals surface area contributed by atoms with Gasteiger partial charge in [0.1, 0.15) is 17.9 Å². The summed E-state index contributed by atoms with van der Waals surface area (Å²) in [7, 11) is 1.57. The molecule has 1 aromatic heterocycles. The molecule has 2 amide bonds. The van der Waals surface area contributed by atoms with E-state index in [0.29, 0.717) is 43.1 Å². The quantitative estimate of drug-likeness (QED) is 0.722. The maximum atomic E-state index is 13.2. The van der Waals surface area contributed by atoms with Crippen LogP contribution in [0.3, 0.4) is 0 Å². The summed E-state index contributed by atoms with van der Waals surface area (Å²) < 4.78 is 5.37. The number of carbonyl (C=O) groups excluding carboxylic acids is 2. The fourth-order valence-corrected chi connectivity index (χ4v) is 7.65. The molecular formula is C27H32N4O3. The highest BCUT2D eigenvalue weighted by Gasteiger charge is 2.51. The second kappa shape index (κ2) is 8.36. The first kappa shape index (κ1) is 21.6. The minimum absolute atomic E-state index is 0.0749. The summed E-state index contributed by atoms with van der Waals surface area (Å²) in [6.07, 6.45) is 10.5. The third-order valence-electron chi connectivity index (χ3n) is 8.59. The van der Waals surface area contributed by atoms with E-state index in [-0.39, 0.29) is 17.2 Å². The zero-order valence-electron chi connectivity index (χ0n) is 19.8. The molecule has 178 valence electrons. The van der Waals surface area contributed by atoms with Crippen molar-refractivity contribution in [2.45, 2.75) is 57.9 Å². The number of hydrogen-bond acceptors (Lipinski definition) is 5. The Bertz CT molecular complexity index is 1100. The van der Waals surface area contributed by atoms with E-state index in [4.69, 9.17) is 4.74 Å². The molecule has 1 aliphatic heterocycles. The number of aromatic nitrogens is 2. The molecule has 1 aromatic carbocycles. The van der Waals surface area contributed by atoms with Gasteiger partial charge in [-0.05, 0) is 80.2 Å². The minimum atomic E-state index is -0.0749. The summed E-state index contributed by atoms with van der Waals surface area (Å²) in [6, 6.07) is 7.28. The molecule has 0 saturated heterocycles. The Morgan fingerprint density at radius 1 is 1.09 bits per heavy atom. The van der Waals surface area contributed by atoms with Gasteiger partial charge in [-0.3, -0.25) is 9.59 Å². The predicted octanol–water partition coefficient (Wildman–Crippen LogP) is 4.23. The molecule has 0 unspecified atom stereocenters. The monoisotopic (exact) mass is 460 g/mol. The second-order valence-electron chi connectivity index (χ2n) is 11.0. The van der Waals surface area contributed by atoms with Crippen LogP contribution in [0.2, 0.25) is 0 Å². The number of nitrogens with zero attached hydrogens (tertiary/aromatic N) is 3. The van der Waals surface area contributed by atoms with Gasteiger partial charge in [0.2, 0.25) is 5.91 Å². The second-order valence-corrected chi connectivity index (χ2v) is 11.0. The van der Waals surface area contributed by atoms with Crippen LogP contribution in [-0.2, 0) is 17.8 Å². The van der Waals surface area contributed by atoms with E-state index >= 15 is 0 Å². The third kappa shape index (κ3) is 3.85. The van der Waals surface area contributed by atoms with Crippen molar-refractivity contribution in [3.05, 3.63) is 47.4 Å². The predicted molar refractivity (Wildman–Crippen MR) is 127 cm³/mol. The van der Waals surface area contributed by atoms with Gasteiger partial charge in [-0.2, -0.15) is 0 Å². The number of carbonyl (C=O) groups is 2. The molecule has 4 bridgehead atoms. The Kier molecular flexibility index (Phi) is 5.30. The van der Waals surface area contributed by atoms with Crippen molar-refractivity contribution in [2.24, 2.45) is 23.2 Å². The molecule has 4 aliphatic carbocycles. The van der Waals surface area contributed by atoms with Crippen LogP contribution >= 0.6 is 0 Å². The first-order valence-corrected chi connectivity index (χ1v) is 12.6. The fourth-order valence-electron chi connectivity index (χ4n) is 7.65. The SMILES string of the molecule is COc1ccccc1C(=O)N1CCc2c(ncnc2NC(=O)CC23CC4CC(CC(C4)C2)C3)C1. The summed E-state index contributed by atoms with van der Waals surface area (Å²) in [5.41, 5.74) is 2.50. The van der Waals surface area contributed by atoms with Crippen LogP contribution in [0.15, 0.2) is 30.6 Å². The van der Waals surface area contributed by atoms with Crippen LogP contribution in [0.4, 0.5) is 5.82 Å². The van der Waals surface area contributed by atoms with Crippen molar-refractivity contribution < 1.29 is 14.3 Å². The zero-order chi connectivity index (χ0) is 23.3. The summed E-state index contributed by atoms with van der Waals surface area (Å²) >= 11 is 0. The van der Waals surface area contributed by atoms with E-state index in [9.17, 15) is 9.59 Å². The van der Waals surface area contributed by atoms with Gasteiger partial charge in [0.25, 0.3) is 5.91 Å². The topological polar surface area (TPSA) is 84.4 Å². The number of rotatable bonds is 5. The maximum Gasteiger partial charge on any atom is 0.257 e. The standard InChI is InChI=1S/C27H32N4O3/c1-34-23-5-3-2-4-21(23)26(33)31-7-6-20-22(15-31)28-16-29-25(20)30-24(32)14-27-11-17-8-18(12-27)10-19(9-17)13-27/h2-5,16-19H,6-15H2,1H3,(H,28,29,30,32). The van der Waals surface area contributed by atoms with Gasteiger partial charge in [0, 0.05) is 18.5 Å². The number of benzene rings is 1. The molecule has 7 nitrogen and oxygen atoms in total. The van der Waals surface area contributed by atoms with Crippen LogP contribution in [-0.4, -0.2) is 40.3 Å². The summed E-state index contributed by atoms with van der Waals surface area (Å²) in [5, 5.41) is 3.13. The lowest BCUT2D eigenvalue weighted by atomic mass is 9.49. The van der Waals surface area contributed by atoms with Crippen LogP contribution in [0.1, 0.15) is 66.6 Å². The van der Waals surface area contributed by atoms with E-state index in [1.807, 2.05) is 12.1 Å². The highest BCUT2D eigenvalue weighted by molar-refractivity contribution is 5.97. The molecule has 34 heavy (non-hydrogen) atoms. The molecule has 7 heteroatoms. The van der Waals surface area contributed by atoms with E-state index in [2.05, 4.69) is 15.3 Å². The smallest absolute Gasteiger partial charge is 0.257 e. The number of fused-ring (bicyclic) bond motifs is 1. The average Bonchev–Trinajstić information content (AvgIpc) is 2.82. The van der Waals surface area contributed by atoms with Gasteiger partial charge in [0.05, 0.1) is 24.9 Å². The first-order chi connectivity index (χ1) is 16.5. The number of ether oxygens (including phenoxy) is 1. The molecule has 0 spiro atoms. The van der Waals surface area contributed by atoms with Gasteiger partial charge in [-0.25, -0.2) is 9.97 Å².